The first kappa shape index (κ1) is 17.8. The van der Waals surface area contributed by atoms with Crippen molar-refractivity contribution in [2.24, 2.45) is 5.73 Å². The molecule has 7 nitrogen and oxygen atoms in total. The molecule has 0 unspecified atom stereocenters. The molecule has 0 atom stereocenters. The molecule has 0 saturated heterocycles. The molecule has 0 spiro atoms. The van der Waals surface area contributed by atoms with Gasteiger partial charge in [0.25, 0.3) is 11.5 Å². The number of hydrogen-bond donors (Lipinski definition) is 2. The van der Waals surface area contributed by atoms with Crippen LogP contribution in [0.5, 0.6) is 0 Å². The number of carbonyl (C=O) groups is 2. The van der Waals surface area contributed by atoms with Crippen molar-refractivity contribution >= 4 is 39.1 Å². The number of aryl methyl sites for hydroxylation is 3. The molecule has 2 heterocycles. The minimum absolute atomic E-state index is 0.171. The molecule has 0 bridgehead atoms. The van der Waals surface area contributed by atoms with Crippen molar-refractivity contribution in [1.29, 1.82) is 0 Å². The summed E-state index contributed by atoms with van der Waals surface area (Å²) < 4.78 is 1.23. The summed E-state index contributed by atoms with van der Waals surface area (Å²) in [6.07, 6.45) is 1.31. The average molecular weight is 370 g/mol. The maximum atomic E-state index is 12.7. The lowest BCUT2D eigenvalue weighted by molar-refractivity contribution is -0.116. The number of amides is 2. The van der Waals surface area contributed by atoms with Crippen molar-refractivity contribution in [3.05, 3.63) is 56.4 Å². The number of fused-ring (bicyclic) bond motifs is 1. The van der Waals surface area contributed by atoms with Crippen LogP contribution in [0.3, 0.4) is 0 Å². The van der Waals surface area contributed by atoms with Gasteiger partial charge >= 0.3 is 0 Å². The summed E-state index contributed by atoms with van der Waals surface area (Å²) in [6, 6.07) is 5.72. The molecule has 8 heteroatoms. The second kappa shape index (κ2) is 6.72. The van der Waals surface area contributed by atoms with E-state index in [1.54, 1.807) is 6.92 Å². The quantitative estimate of drug-likeness (QED) is 0.733. The maximum absolute atomic E-state index is 12.7. The third kappa shape index (κ3) is 3.36. The van der Waals surface area contributed by atoms with E-state index < -0.39 is 5.91 Å². The molecule has 2 aromatic heterocycles. The molecule has 3 rings (SSSR count). The van der Waals surface area contributed by atoms with Gasteiger partial charge in [-0.15, -0.1) is 11.3 Å². The van der Waals surface area contributed by atoms with Gasteiger partial charge in [-0.1, -0.05) is 6.07 Å². The van der Waals surface area contributed by atoms with E-state index in [-0.39, 0.29) is 18.0 Å². The molecule has 3 aromatic rings. The normalized spacial score (nSPS) is 10.9. The van der Waals surface area contributed by atoms with Crippen LogP contribution in [-0.2, 0) is 11.3 Å². The van der Waals surface area contributed by atoms with Gasteiger partial charge in [0.1, 0.15) is 11.4 Å². The lowest BCUT2D eigenvalue weighted by atomic mass is 10.1. The summed E-state index contributed by atoms with van der Waals surface area (Å²) in [7, 11) is 0. The molecule has 26 heavy (non-hydrogen) atoms. The number of aromatic nitrogens is 2. The third-order valence-electron chi connectivity index (χ3n) is 3.96. The minimum atomic E-state index is -0.594. The van der Waals surface area contributed by atoms with Crippen LogP contribution in [-0.4, -0.2) is 21.4 Å². The topological polar surface area (TPSA) is 107 Å². The Morgan fingerprint density at radius 1 is 1.19 bits per heavy atom. The number of nitrogens with zero attached hydrogens (tertiary/aromatic N) is 2. The van der Waals surface area contributed by atoms with Gasteiger partial charge in [-0.05, 0) is 49.6 Å². The Hall–Kier alpha value is -3.00. The molecule has 0 aliphatic heterocycles. The predicted molar refractivity (Wildman–Crippen MR) is 102 cm³/mol. The van der Waals surface area contributed by atoms with E-state index in [4.69, 9.17) is 5.73 Å². The zero-order valence-electron chi connectivity index (χ0n) is 14.6. The number of carbonyl (C=O) groups excluding carboxylic acids is 2. The Morgan fingerprint density at radius 3 is 2.46 bits per heavy atom. The fourth-order valence-corrected chi connectivity index (χ4v) is 3.90. The summed E-state index contributed by atoms with van der Waals surface area (Å²) in [6.45, 7) is 5.37. The van der Waals surface area contributed by atoms with Crippen LogP contribution in [0, 0.1) is 20.8 Å². The SMILES string of the molecule is Cc1cc(C)cc(NC(=O)Cn2cnc3sc(C(N)=O)c(C)c3c2=O)c1. The lowest BCUT2D eigenvalue weighted by Crippen LogP contribution is -2.28. The second-order valence-corrected chi connectivity index (χ2v) is 7.20. The van der Waals surface area contributed by atoms with Crippen molar-refractivity contribution < 1.29 is 9.59 Å². The number of thiophene rings is 1. The molecule has 1 aromatic carbocycles. The highest BCUT2D eigenvalue weighted by molar-refractivity contribution is 7.20. The van der Waals surface area contributed by atoms with Crippen LogP contribution >= 0.6 is 11.3 Å². The first-order chi connectivity index (χ1) is 12.3. The first-order valence-electron chi connectivity index (χ1n) is 7.92. The molecule has 3 N–H and O–H groups in total. The summed E-state index contributed by atoms with van der Waals surface area (Å²) in [4.78, 5) is 41.4. The van der Waals surface area contributed by atoms with Gasteiger partial charge in [-0.2, -0.15) is 0 Å². The standard InChI is InChI=1S/C18H18N4O3S/c1-9-4-10(2)6-12(5-9)21-13(23)7-22-8-20-17-14(18(22)25)11(3)15(26-17)16(19)24/h4-6,8H,7H2,1-3H3,(H2,19,24)(H,21,23). The number of anilines is 1. The van der Waals surface area contributed by atoms with E-state index in [1.807, 2.05) is 32.0 Å². The number of rotatable bonds is 4. The highest BCUT2D eigenvalue weighted by Crippen LogP contribution is 2.26. The Labute approximate surface area is 153 Å². The smallest absolute Gasteiger partial charge is 0.262 e. The number of nitrogens with two attached hydrogens (primary N) is 1. The van der Waals surface area contributed by atoms with Crippen LogP contribution in [0.15, 0.2) is 29.3 Å². The summed E-state index contributed by atoms with van der Waals surface area (Å²) in [5, 5.41) is 3.11. The summed E-state index contributed by atoms with van der Waals surface area (Å²) in [5.41, 5.74) is 8.21. The fourth-order valence-electron chi connectivity index (χ4n) is 2.91. The monoisotopic (exact) mass is 370 g/mol. The fraction of sp³-hybridized carbons (Fsp3) is 0.222. The molecule has 2 amide bonds. The van der Waals surface area contributed by atoms with E-state index in [0.29, 0.717) is 26.3 Å². The van der Waals surface area contributed by atoms with Crippen LogP contribution in [0.2, 0.25) is 0 Å². The summed E-state index contributed by atoms with van der Waals surface area (Å²) >= 11 is 1.08. The van der Waals surface area contributed by atoms with Gasteiger partial charge in [0.2, 0.25) is 5.91 Å². The van der Waals surface area contributed by atoms with Crippen molar-refractivity contribution in [2.45, 2.75) is 27.3 Å². The highest BCUT2D eigenvalue weighted by Gasteiger charge is 2.18. The molecular formula is C18H18N4O3S. The van der Waals surface area contributed by atoms with Gasteiger partial charge < -0.3 is 11.1 Å². The van der Waals surface area contributed by atoms with Crippen LogP contribution < -0.4 is 16.6 Å². The van der Waals surface area contributed by atoms with Gasteiger partial charge in [-0.3, -0.25) is 19.0 Å². The highest BCUT2D eigenvalue weighted by atomic mass is 32.1. The van der Waals surface area contributed by atoms with Crippen LogP contribution in [0.1, 0.15) is 26.4 Å². The van der Waals surface area contributed by atoms with Crippen molar-refractivity contribution in [3.8, 4) is 0 Å². The van der Waals surface area contributed by atoms with Crippen LogP contribution in [0.4, 0.5) is 5.69 Å². The summed E-state index contributed by atoms with van der Waals surface area (Å²) in [5.74, 6) is -0.926. The molecule has 0 radical (unpaired) electrons. The largest absolute Gasteiger partial charge is 0.365 e. The van der Waals surface area contributed by atoms with Crippen molar-refractivity contribution in [3.63, 3.8) is 0 Å². The number of nitrogens with one attached hydrogen (secondary N) is 1. The number of primary amides is 1. The third-order valence-corrected chi connectivity index (χ3v) is 5.17. The number of benzene rings is 1. The molecule has 134 valence electrons. The van der Waals surface area contributed by atoms with Crippen molar-refractivity contribution in [2.75, 3.05) is 5.32 Å². The Kier molecular flexibility index (Phi) is 4.60. The molecular weight excluding hydrogens is 352 g/mol. The molecule has 0 aliphatic rings. The average Bonchev–Trinajstić information content (AvgIpc) is 2.87. The van der Waals surface area contributed by atoms with E-state index in [1.165, 1.54) is 10.9 Å². The zero-order chi connectivity index (χ0) is 19.0. The molecule has 0 aliphatic carbocycles. The second-order valence-electron chi connectivity index (χ2n) is 6.20. The zero-order valence-corrected chi connectivity index (χ0v) is 15.4. The maximum Gasteiger partial charge on any atom is 0.262 e. The Morgan fingerprint density at radius 2 is 1.85 bits per heavy atom. The van der Waals surface area contributed by atoms with Crippen LogP contribution in [0.25, 0.3) is 10.2 Å². The van der Waals surface area contributed by atoms with Crippen molar-refractivity contribution in [1.82, 2.24) is 9.55 Å². The first-order valence-corrected chi connectivity index (χ1v) is 8.74. The minimum Gasteiger partial charge on any atom is -0.365 e. The molecule has 0 saturated carbocycles. The number of hydrogen-bond acceptors (Lipinski definition) is 5. The molecule has 0 fully saturated rings. The van der Waals surface area contributed by atoms with E-state index in [2.05, 4.69) is 10.3 Å². The van der Waals surface area contributed by atoms with Gasteiger partial charge in [0.05, 0.1) is 16.6 Å². The van der Waals surface area contributed by atoms with E-state index >= 15 is 0 Å². The Bertz CT molecular complexity index is 1080. The van der Waals surface area contributed by atoms with E-state index in [9.17, 15) is 14.4 Å². The van der Waals surface area contributed by atoms with Gasteiger partial charge in [0.15, 0.2) is 0 Å². The lowest BCUT2D eigenvalue weighted by Gasteiger charge is -2.09. The predicted octanol–water partition coefficient (Wildman–Crippen LogP) is 2.12. The van der Waals surface area contributed by atoms with Gasteiger partial charge in [0, 0.05) is 5.69 Å². The van der Waals surface area contributed by atoms with E-state index in [0.717, 1.165) is 22.5 Å². The Balaban J connectivity index is 1.90. The van der Waals surface area contributed by atoms with Gasteiger partial charge in [-0.25, -0.2) is 4.98 Å².